The van der Waals surface area contributed by atoms with Crippen molar-refractivity contribution in [2.75, 3.05) is 7.05 Å². The van der Waals surface area contributed by atoms with E-state index in [1.165, 1.54) is 6.92 Å². The van der Waals surface area contributed by atoms with Crippen LogP contribution in [0, 0.1) is 0 Å². The van der Waals surface area contributed by atoms with Gasteiger partial charge in [-0.1, -0.05) is 34.3 Å². The van der Waals surface area contributed by atoms with Crippen molar-refractivity contribution in [2.45, 2.75) is 66.5 Å². The van der Waals surface area contributed by atoms with Crippen LogP contribution < -0.4 is 16.0 Å². The van der Waals surface area contributed by atoms with Gasteiger partial charge in [0.05, 0.1) is 0 Å². The highest BCUT2D eigenvalue weighted by Gasteiger charge is 2.29. The fraction of sp³-hybridized carbons (Fsp3) is 0.550. The summed E-state index contributed by atoms with van der Waals surface area (Å²) in [6, 6.07) is 2.20. The summed E-state index contributed by atoms with van der Waals surface area (Å²) < 4.78 is 11.4. The standard InChI is InChI=1S/C16H21NO3.2C2H6/c1-5-13(19-14-7-12(8-14)17-4)9-15-10(2)6-16(20-15)11(3)18;2*1-2/h5-6,9,12,14,17H,2,7-8H2,1,3-4H3;2*1-2H3/b13-5+,15-9+;;. The number of ether oxygens (including phenoxy) is 1. The fourth-order valence-corrected chi connectivity index (χ4v) is 2.14. The number of ketones is 1. The number of hydrogen-bond acceptors (Lipinski definition) is 4. The van der Waals surface area contributed by atoms with Crippen LogP contribution in [0.25, 0.3) is 12.7 Å². The van der Waals surface area contributed by atoms with Gasteiger partial charge in [0.25, 0.3) is 0 Å². The van der Waals surface area contributed by atoms with Crippen LogP contribution in [0.5, 0.6) is 0 Å². The minimum atomic E-state index is -0.103. The van der Waals surface area contributed by atoms with E-state index in [0.29, 0.717) is 22.4 Å². The monoisotopic (exact) mass is 335 g/mol. The molecule has 1 aliphatic carbocycles. The molecule has 1 aliphatic rings. The van der Waals surface area contributed by atoms with E-state index in [9.17, 15) is 4.79 Å². The second kappa shape index (κ2) is 11.7. The Morgan fingerprint density at radius 2 is 1.92 bits per heavy atom. The third-order valence-corrected chi connectivity index (χ3v) is 3.55. The van der Waals surface area contributed by atoms with Gasteiger partial charge < -0.3 is 14.5 Å². The van der Waals surface area contributed by atoms with Gasteiger partial charge in [0.2, 0.25) is 0 Å². The predicted octanol–water partition coefficient (Wildman–Crippen LogP) is 3.40. The quantitative estimate of drug-likeness (QED) is 0.662. The van der Waals surface area contributed by atoms with E-state index >= 15 is 0 Å². The normalized spacial score (nSPS) is 20.1. The summed E-state index contributed by atoms with van der Waals surface area (Å²) in [5, 5.41) is 3.92. The fourth-order valence-electron chi connectivity index (χ4n) is 2.14. The molecule has 2 rings (SSSR count). The molecule has 1 fully saturated rings. The highest BCUT2D eigenvalue weighted by molar-refractivity contribution is 5.91. The van der Waals surface area contributed by atoms with Crippen molar-refractivity contribution >= 4 is 18.4 Å². The van der Waals surface area contributed by atoms with Crippen LogP contribution in [-0.4, -0.2) is 25.0 Å². The van der Waals surface area contributed by atoms with Gasteiger partial charge in [0, 0.05) is 24.3 Å². The van der Waals surface area contributed by atoms with E-state index in [4.69, 9.17) is 9.15 Å². The molecule has 24 heavy (non-hydrogen) atoms. The minimum absolute atomic E-state index is 0.103. The minimum Gasteiger partial charge on any atom is -0.491 e. The smallest absolute Gasteiger partial charge is 0.194 e. The van der Waals surface area contributed by atoms with E-state index in [1.54, 1.807) is 12.1 Å². The molecular weight excluding hydrogens is 302 g/mol. The highest BCUT2D eigenvalue weighted by atomic mass is 16.5. The van der Waals surface area contributed by atoms with E-state index in [1.807, 2.05) is 47.7 Å². The van der Waals surface area contributed by atoms with E-state index in [-0.39, 0.29) is 11.9 Å². The first kappa shape index (κ1) is 22.2. The van der Waals surface area contributed by atoms with Crippen LogP contribution in [-0.2, 0) is 4.74 Å². The first-order valence-corrected chi connectivity index (χ1v) is 8.85. The van der Waals surface area contributed by atoms with Crippen molar-refractivity contribution in [3.8, 4) is 0 Å². The SMILES string of the molecule is C=c1cc(C(C)=O)o/c1=C/C(=C\C)OC1CC(NC)C1.CC.CC. The molecule has 0 bridgehead atoms. The molecule has 1 heterocycles. The summed E-state index contributed by atoms with van der Waals surface area (Å²) in [5.41, 5.74) is 0.577. The van der Waals surface area contributed by atoms with E-state index in [2.05, 4.69) is 11.9 Å². The molecule has 0 aromatic carbocycles. The van der Waals surface area contributed by atoms with Crippen LogP contribution in [0.3, 0.4) is 0 Å². The average molecular weight is 335 g/mol. The molecule has 0 spiro atoms. The highest BCUT2D eigenvalue weighted by Crippen LogP contribution is 2.25. The van der Waals surface area contributed by atoms with Crippen molar-refractivity contribution in [3.05, 3.63) is 34.3 Å². The molecule has 136 valence electrons. The number of allylic oxidation sites excluding steroid dienone is 2. The lowest BCUT2D eigenvalue weighted by Gasteiger charge is -2.35. The Morgan fingerprint density at radius 1 is 1.33 bits per heavy atom. The topological polar surface area (TPSA) is 51.5 Å². The number of Topliss-reactive ketones (excluding diaryl/α,β-unsaturated/α-hetero) is 1. The number of hydrogen-bond donors (Lipinski definition) is 1. The van der Waals surface area contributed by atoms with Crippen LogP contribution >= 0.6 is 0 Å². The molecule has 0 radical (unpaired) electrons. The molecule has 0 aliphatic heterocycles. The van der Waals surface area contributed by atoms with E-state index < -0.39 is 0 Å². The van der Waals surface area contributed by atoms with Crippen LogP contribution in [0.15, 0.2) is 22.3 Å². The first-order valence-electron chi connectivity index (χ1n) is 8.85. The maximum Gasteiger partial charge on any atom is 0.194 e. The Labute approximate surface area is 146 Å². The van der Waals surface area contributed by atoms with Crippen molar-refractivity contribution in [2.24, 2.45) is 0 Å². The van der Waals surface area contributed by atoms with Gasteiger partial charge in [0.1, 0.15) is 17.3 Å². The van der Waals surface area contributed by atoms with E-state index in [0.717, 1.165) is 18.6 Å². The largest absolute Gasteiger partial charge is 0.491 e. The molecule has 1 aromatic heterocycles. The number of nitrogens with one attached hydrogen (secondary N) is 1. The third-order valence-electron chi connectivity index (χ3n) is 3.55. The lowest BCUT2D eigenvalue weighted by molar-refractivity contribution is 0.0378. The van der Waals surface area contributed by atoms with Gasteiger partial charge in [-0.05, 0) is 39.0 Å². The van der Waals surface area contributed by atoms with Gasteiger partial charge in [-0.15, -0.1) is 0 Å². The van der Waals surface area contributed by atoms with Gasteiger partial charge in [0.15, 0.2) is 11.5 Å². The molecule has 0 unspecified atom stereocenters. The van der Waals surface area contributed by atoms with Crippen LogP contribution in [0.2, 0.25) is 0 Å². The maximum absolute atomic E-state index is 11.3. The lowest BCUT2D eigenvalue weighted by Crippen LogP contribution is -2.43. The molecule has 1 aromatic rings. The van der Waals surface area contributed by atoms with Crippen molar-refractivity contribution in [1.29, 1.82) is 0 Å². The van der Waals surface area contributed by atoms with Crippen LogP contribution in [0.4, 0.5) is 0 Å². The second-order valence-corrected chi connectivity index (χ2v) is 5.09. The third kappa shape index (κ3) is 6.36. The van der Waals surface area contributed by atoms with Crippen molar-refractivity contribution < 1.29 is 13.9 Å². The van der Waals surface area contributed by atoms with Crippen molar-refractivity contribution in [3.63, 3.8) is 0 Å². The second-order valence-electron chi connectivity index (χ2n) is 5.09. The zero-order chi connectivity index (χ0) is 18.7. The molecule has 0 saturated heterocycles. The summed E-state index contributed by atoms with van der Waals surface area (Å²) >= 11 is 0. The Kier molecular flexibility index (Phi) is 10.8. The first-order chi connectivity index (χ1) is 11.5. The molecule has 0 atom stereocenters. The zero-order valence-corrected chi connectivity index (χ0v) is 16.2. The number of rotatable bonds is 5. The summed E-state index contributed by atoms with van der Waals surface area (Å²) in [4.78, 5) is 11.3. The van der Waals surface area contributed by atoms with Crippen LogP contribution in [0.1, 0.15) is 64.9 Å². The predicted molar refractivity (Wildman–Crippen MR) is 101 cm³/mol. The zero-order valence-electron chi connectivity index (χ0n) is 16.2. The van der Waals surface area contributed by atoms with Gasteiger partial charge in [-0.3, -0.25) is 4.79 Å². The Bertz CT molecular complexity index is 622. The number of furan rings is 1. The summed E-state index contributed by atoms with van der Waals surface area (Å²) in [5.74, 6) is 0.975. The summed E-state index contributed by atoms with van der Waals surface area (Å²) in [7, 11) is 1.96. The Morgan fingerprint density at radius 3 is 2.33 bits per heavy atom. The molecule has 4 heteroatoms. The summed E-state index contributed by atoms with van der Waals surface area (Å²) in [6.07, 6.45) is 5.94. The number of carbonyl (C=O) groups is 1. The Hall–Kier alpha value is -1.81. The average Bonchev–Trinajstić information content (AvgIpc) is 2.94. The van der Waals surface area contributed by atoms with Gasteiger partial charge in [-0.25, -0.2) is 0 Å². The maximum atomic E-state index is 11.3. The molecule has 1 saturated carbocycles. The van der Waals surface area contributed by atoms with Gasteiger partial charge >= 0.3 is 0 Å². The molecule has 1 N–H and O–H groups in total. The van der Waals surface area contributed by atoms with Crippen molar-refractivity contribution in [1.82, 2.24) is 5.32 Å². The Balaban J connectivity index is 0.00000123. The lowest BCUT2D eigenvalue weighted by atomic mass is 9.89. The molecule has 4 nitrogen and oxygen atoms in total. The molecular formula is C20H33NO3. The summed E-state index contributed by atoms with van der Waals surface area (Å²) in [6.45, 7) is 15.3. The van der Waals surface area contributed by atoms with Gasteiger partial charge in [-0.2, -0.15) is 0 Å². The number of carbonyl (C=O) groups excluding carboxylic acids is 1. The molecule has 0 amide bonds.